The van der Waals surface area contributed by atoms with Gasteiger partial charge in [0.15, 0.2) is 5.75 Å². The minimum atomic E-state index is -0.221. The molecule has 27 heavy (non-hydrogen) atoms. The zero-order valence-electron chi connectivity index (χ0n) is 15.0. The zero-order valence-corrected chi connectivity index (χ0v) is 15.0. The molecular weight excluding hydrogens is 336 g/mol. The zero-order chi connectivity index (χ0) is 18.5. The first-order valence-corrected chi connectivity index (χ1v) is 9.18. The van der Waals surface area contributed by atoms with Crippen molar-refractivity contribution < 1.29 is 9.53 Å². The Balaban J connectivity index is 1.39. The molecule has 0 aliphatic heterocycles. The number of amides is 2. The van der Waals surface area contributed by atoms with Crippen LogP contribution in [-0.4, -0.2) is 12.6 Å². The molecule has 0 unspecified atom stereocenters. The highest BCUT2D eigenvalue weighted by molar-refractivity contribution is 5.91. The van der Waals surface area contributed by atoms with Gasteiger partial charge in [-0.2, -0.15) is 0 Å². The van der Waals surface area contributed by atoms with Crippen molar-refractivity contribution in [2.24, 2.45) is 0 Å². The van der Waals surface area contributed by atoms with Gasteiger partial charge in [-0.15, -0.1) is 0 Å². The molecule has 2 N–H and O–H groups in total. The maximum atomic E-state index is 12.4. The Kier molecular flexibility index (Phi) is 4.79. The number of ether oxygens (including phenoxy) is 1. The highest BCUT2D eigenvalue weighted by Crippen LogP contribution is 2.47. The molecule has 1 aliphatic carbocycles. The Morgan fingerprint density at radius 3 is 2.19 bits per heavy atom. The predicted octanol–water partition coefficient (Wildman–Crippen LogP) is 5.33. The minimum absolute atomic E-state index is 0.0820. The molecule has 0 spiro atoms. The van der Waals surface area contributed by atoms with Crippen LogP contribution in [0.15, 0.2) is 84.9 Å². The molecule has 136 valence electrons. The number of carbonyl (C=O) groups excluding carboxylic acids is 1. The standard InChI is InChI=1S/C23H22N2O2/c26-22(24-17-23(15-16-23)18-9-3-1-4-10-18)25-20-13-7-8-14-21(20)27-19-11-5-2-6-12-19/h1-14H,15-17H2,(H2,24,25,26). The highest BCUT2D eigenvalue weighted by Gasteiger charge is 2.44. The molecule has 4 rings (SSSR count). The summed E-state index contributed by atoms with van der Waals surface area (Å²) >= 11 is 0. The second-order valence-corrected chi connectivity index (χ2v) is 6.87. The van der Waals surface area contributed by atoms with Gasteiger partial charge in [0.2, 0.25) is 0 Å². The lowest BCUT2D eigenvalue weighted by molar-refractivity contribution is 0.251. The van der Waals surface area contributed by atoms with E-state index < -0.39 is 0 Å². The van der Waals surface area contributed by atoms with E-state index in [1.807, 2.05) is 72.8 Å². The fourth-order valence-corrected chi connectivity index (χ4v) is 3.20. The van der Waals surface area contributed by atoms with Crippen LogP contribution >= 0.6 is 0 Å². The van der Waals surface area contributed by atoms with Crippen LogP contribution in [0.25, 0.3) is 0 Å². The highest BCUT2D eigenvalue weighted by atomic mass is 16.5. The lowest BCUT2D eigenvalue weighted by Gasteiger charge is -2.17. The predicted molar refractivity (Wildman–Crippen MR) is 107 cm³/mol. The van der Waals surface area contributed by atoms with Gasteiger partial charge in [0, 0.05) is 12.0 Å². The molecule has 0 radical (unpaired) electrons. The summed E-state index contributed by atoms with van der Waals surface area (Å²) in [7, 11) is 0. The van der Waals surface area contributed by atoms with Gasteiger partial charge in [-0.3, -0.25) is 0 Å². The molecule has 0 heterocycles. The normalized spacial score (nSPS) is 14.2. The number of carbonyl (C=O) groups is 1. The molecule has 0 aromatic heterocycles. The van der Waals surface area contributed by atoms with E-state index in [1.54, 1.807) is 0 Å². The first-order valence-electron chi connectivity index (χ1n) is 9.18. The SMILES string of the molecule is O=C(NCC1(c2ccccc2)CC1)Nc1ccccc1Oc1ccccc1. The van der Waals surface area contributed by atoms with E-state index in [0.29, 0.717) is 18.0 Å². The van der Waals surface area contributed by atoms with Crippen LogP contribution in [-0.2, 0) is 5.41 Å². The molecule has 4 nitrogen and oxygen atoms in total. The molecule has 4 heteroatoms. The number of anilines is 1. The molecule has 1 aliphatic rings. The summed E-state index contributed by atoms with van der Waals surface area (Å²) in [5.41, 5.74) is 2.01. The summed E-state index contributed by atoms with van der Waals surface area (Å²) in [6, 6.07) is 27.1. The van der Waals surface area contributed by atoms with Gasteiger partial charge >= 0.3 is 6.03 Å². The number of benzene rings is 3. The van der Waals surface area contributed by atoms with Gasteiger partial charge in [-0.1, -0.05) is 60.7 Å². The fourth-order valence-electron chi connectivity index (χ4n) is 3.20. The van der Waals surface area contributed by atoms with Crippen LogP contribution in [0.4, 0.5) is 10.5 Å². The number of para-hydroxylation sites is 3. The summed E-state index contributed by atoms with van der Waals surface area (Å²) in [6.07, 6.45) is 2.20. The molecule has 0 atom stereocenters. The summed E-state index contributed by atoms with van der Waals surface area (Å²) < 4.78 is 5.89. The fraction of sp³-hybridized carbons (Fsp3) is 0.174. The van der Waals surface area contributed by atoms with E-state index in [0.717, 1.165) is 18.6 Å². The van der Waals surface area contributed by atoms with Crippen LogP contribution in [0.2, 0.25) is 0 Å². The number of hydrogen-bond donors (Lipinski definition) is 2. The Hall–Kier alpha value is -3.27. The van der Waals surface area contributed by atoms with Gasteiger partial charge in [-0.25, -0.2) is 4.79 Å². The minimum Gasteiger partial charge on any atom is -0.455 e. The number of nitrogens with one attached hydrogen (secondary N) is 2. The topological polar surface area (TPSA) is 50.4 Å². The Morgan fingerprint density at radius 1 is 0.852 bits per heavy atom. The Labute approximate surface area is 159 Å². The van der Waals surface area contributed by atoms with Gasteiger partial charge in [0.25, 0.3) is 0 Å². The van der Waals surface area contributed by atoms with E-state index in [-0.39, 0.29) is 11.4 Å². The quantitative estimate of drug-likeness (QED) is 0.625. The molecule has 1 saturated carbocycles. The Morgan fingerprint density at radius 2 is 1.48 bits per heavy atom. The third-order valence-corrected chi connectivity index (χ3v) is 4.93. The average Bonchev–Trinajstić information content (AvgIpc) is 3.51. The largest absolute Gasteiger partial charge is 0.455 e. The van der Waals surface area contributed by atoms with Crippen LogP contribution < -0.4 is 15.4 Å². The van der Waals surface area contributed by atoms with Gasteiger partial charge in [0.05, 0.1) is 5.69 Å². The van der Waals surface area contributed by atoms with Crippen LogP contribution in [0.3, 0.4) is 0 Å². The third-order valence-electron chi connectivity index (χ3n) is 4.93. The van der Waals surface area contributed by atoms with Crippen LogP contribution in [0.1, 0.15) is 18.4 Å². The van der Waals surface area contributed by atoms with Gasteiger partial charge in [-0.05, 0) is 42.7 Å². The lowest BCUT2D eigenvalue weighted by atomic mass is 9.96. The summed E-state index contributed by atoms with van der Waals surface area (Å²) in [5, 5.41) is 5.93. The van der Waals surface area contributed by atoms with Crippen molar-refractivity contribution in [1.29, 1.82) is 0 Å². The smallest absolute Gasteiger partial charge is 0.319 e. The molecule has 0 saturated heterocycles. The molecule has 2 amide bonds. The number of rotatable bonds is 6. The molecule has 3 aromatic rings. The van der Waals surface area contributed by atoms with Crippen molar-refractivity contribution in [1.82, 2.24) is 5.32 Å². The van der Waals surface area contributed by atoms with E-state index in [2.05, 4.69) is 22.8 Å². The molecule has 1 fully saturated rings. The monoisotopic (exact) mass is 358 g/mol. The maximum Gasteiger partial charge on any atom is 0.319 e. The first kappa shape index (κ1) is 17.2. The molecule has 3 aromatic carbocycles. The van der Waals surface area contributed by atoms with Crippen molar-refractivity contribution in [3.05, 3.63) is 90.5 Å². The van der Waals surface area contributed by atoms with E-state index >= 15 is 0 Å². The number of hydrogen-bond acceptors (Lipinski definition) is 2. The van der Waals surface area contributed by atoms with E-state index in [1.165, 1.54) is 5.56 Å². The molecule has 0 bridgehead atoms. The summed E-state index contributed by atoms with van der Waals surface area (Å²) in [4.78, 5) is 12.4. The van der Waals surface area contributed by atoms with Crippen molar-refractivity contribution in [2.75, 3.05) is 11.9 Å². The van der Waals surface area contributed by atoms with Crippen molar-refractivity contribution >= 4 is 11.7 Å². The third kappa shape index (κ3) is 4.11. The van der Waals surface area contributed by atoms with Crippen molar-refractivity contribution in [3.8, 4) is 11.5 Å². The number of urea groups is 1. The van der Waals surface area contributed by atoms with Crippen molar-refractivity contribution in [2.45, 2.75) is 18.3 Å². The van der Waals surface area contributed by atoms with E-state index in [4.69, 9.17) is 4.74 Å². The Bertz CT molecular complexity index is 906. The van der Waals surface area contributed by atoms with Gasteiger partial charge < -0.3 is 15.4 Å². The average molecular weight is 358 g/mol. The first-order chi connectivity index (χ1) is 13.3. The van der Waals surface area contributed by atoms with Crippen LogP contribution in [0, 0.1) is 0 Å². The van der Waals surface area contributed by atoms with Gasteiger partial charge in [0.1, 0.15) is 5.75 Å². The summed E-state index contributed by atoms with van der Waals surface area (Å²) in [5.74, 6) is 1.34. The summed E-state index contributed by atoms with van der Waals surface area (Å²) in [6.45, 7) is 0.630. The lowest BCUT2D eigenvalue weighted by Crippen LogP contribution is -2.35. The van der Waals surface area contributed by atoms with E-state index in [9.17, 15) is 4.79 Å². The second-order valence-electron chi connectivity index (χ2n) is 6.87. The van der Waals surface area contributed by atoms with Crippen LogP contribution in [0.5, 0.6) is 11.5 Å². The second kappa shape index (κ2) is 7.54. The molecular formula is C23H22N2O2. The maximum absolute atomic E-state index is 12.4. The van der Waals surface area contributed by atoms with Crippen molar-refractivity contribution in [3.63, 3.8) is 0 Å².